The summed E-state index contributed by atoms with van der Waals surface area (Å²) in [6.07, 6.45) is 25.4. The predicted octanol–water partition coefficient (Wildman–Crippen LogP) is 7.27. The van der Waals surface area contributed by atoms with Gasteiger partial charge in [-0.05, 0) is 5.92 Å². The third-order valence-corrected chi connectivity index (χ3v) is 4.94. The van der Waals surface area contributed by atoms with Gasteiger partial charge in [-0.15, -0.1) is 0 Å². The lowest BCUT2D eigenvalue weighted by molar-refractivity contribution is 0.372. The van der Waals surface area contributed by atoms with Gasteiger partial charge in [-0.2, -0.15) is 0 Å². The molecule has 0 bridgehead atoms. The van der Waals surface area contributed by atoms with Gasteiger partial charge in [0.2, 0.25) is 0 Å². The molecule has 0 spiro atoms. The molecule has 1 aliphatic rings. The quantitative estimate of drug-likeness (QED) is 0.504. The summed E-state index contributed by atoms with van der Waals surface area (Å²) in [6.45, 7) is 2.34. The Kier molecular flexibility index (Phi) is 11.7. The Labute approximate surface area is 122 Å². The summed E-state index contributed by atoms with van der Waals surface area (Å²) in [5.74, 6) is 1.06. The van der Waals surface area contributed by atoms with Crippen molar-refractivity contribution in [3.8, 4) is 0 Å². The monoisotopic (exact) mass is 266 g/mol. The molecule has 0 heterocycles. The van der Waals surface area contributed by atoms with Gasteiger partial charge in [-0.25, -0.2) is 0 Å². The van der Waals surface area contributed by atoms with Gasteiger partial charge in [0.25, 0.3) is 0 Å². The number of hydrogen-bond acceptors (Lipinski definition) is 0. The van der Waals surface area contributed by atoms with Crippen LogP contribution in [0, 0.1) is 5.92 Å². The largest absolute Gasteiger partial charge is 0.0654 e. The molecule has 1 fully saturated rings. The van der Waals surface area contributed by atoms with Crippen molar-refractivity contribution >= 4 is 0 Å². The average Bonchev–Trinajstić information content (AvgIpc) is 2.44. The molecule has 0 unspecified atom stereocenters. The van der Waals surface area contributed by atoms with Crippen LogP contribution in [0.2, 0.25) is 0 Å². The van der Waals surface area contributed by atoms with E-state index in [0.717, 1.165) is 5.92 Å². The zero-order chi connectivity index (χ0) is 13.6. The van der Waals surface area contributed by atoms with E-state index in [0.29, 0.717) is 0 Å². The molecule has 0 aromatic carbocycles. The second-order valence-electron chi connectivity index (χ2n) is 6.83. The van der Waals surface area contributed by atoms with E-state index in [1.54, 1.807) is 0 Å². The van der Waals surface area contributed by atoms with E-state index in [2.05, 4.69) is 6.92 Å². The van der Waals surface area contributed by atoms with Crippen LogP contribution >= 0.6 is 0 Å². The lowest BCUT2D eigenvalue weighted by Crippen LogP contribution is -2.01. The second-order valence-corrected chi connectivity index (χ2v) is 6.83. The van der Waals surface area contributed by atoms with Crippen LogP contribution in [0.25, 0.3) is 0 Å². The van der Waals surface area contributed by atoms with E-state index in [4.69, 9.17) is 0 Å². The summed E-state index contributed by atoms with van der Waals surface area (Å²) in [4.78, 5) is 0. The van der Waals surface area contributed by atoms with Crippen LogP contribution in [0.3, 0.4) is 0 Å². The molecule has 0 atom stereocenters. The van der Waals surface area contributed by atoms with Crippen LogP contribution in [0.5, 0.6) is 0 Å². The molecule has 0 aromatic rings. The fraction of sp³-hybridized carbons (Fsp3) is 1.00. The van der Waals surface area contributed by atoms with Gasteiger partial charge < -0.3 is 0 Å². The Morgan fingerprint density at radius 3 is 1.32 bits per heavy atom. The smallest absolute Gasteiger partial charge is 0.0414 e. The third-order valence-electron chi connectivity index (χ3n) is 4.94. The topological polar surface area (TPSA) is 0 Å². The maximum atomic E-state index is 2.34. The van der Waals surface area contributed by atoms with Crippen molar-refractivity contribution in [3.63, 3.8) is 0 Å². The van der Waals surface area contributed by atoms with Crippen LogP contribution in [-0.2, 0) is 0 Å². The second kappa shape index (κ2) is 13.0. The van der Waals surface area contributed by atoms with Gasteiger partial charge in [0, 0.05) is 0 Å². The summed E-state index contributed by atoms with van der Waals surface area (Å²) < 4.78 is 0. The molecule has 19 heavy (non-hydrogen) atoms. The van der Waals surface area contributed by atoms with Crippen molar-refractivity contribution in [1.29, 1.82) is 0 Å². The van der Waals surface area contributed by atoms with Crippen molar-refractivity contribution in [2.75, 3.05) is 0 Å². The first-order valence-corrected chi connectivity index (χ1v) is 9.43. The maximum absolute atomic E-state index is 2.34. The van der Waals surface area contributed by atoms with Crippen LogP contribution in [-0.4, -0.2) is 0 Å². The van der Waals surface area contributed by atoms with Gasteiger partial charge >= 0.3 is 0 Å². The van der Waals surface area contributed by atoms with E-state index in [1.807, 2.05) is 0 Å². The number of hydrogen-bond donors (Lipinski definition) is 0. The van der Waals surface area contributed by atoms with E-state index in [9.17, 15) is 0 Å². The number of rotatable bonds is 3. The van der Waals surface area contributed by atoms with E-state index < -0.39 is 0 Å². The Morgan fingerprint density at radius 1 is 0.579 bits per heavy atom. The number of unbranched alkanes of at least 4 members (excludes halogenated alkanes) is 1. The summed E-state index contributed by atoms with van der Waals surface area (Å²) in [5.41, 5.74) is 0. The van der Waals surface area contributed by atoms with E-state index in [-0.39, 0.29) is 0 Å². The summed E-state index contributed by atoms with van der Waals surface area (Å²) in [6, 6.07) is 0. The average molecular weight is 267 g/mol. The SMILES string of the molecule is CCCCC1CCCCCCCCCCCCCC1. The zero-order valence-electron chi connectivity index (χ0n) is 13.6. The molecule has 0 radical (unpaired) electrons. The highest BCUT2D eigenvalue weighted by Gasteiger charge is 2.08. The minimum Gasteiger partial charge on any atom is -0.0654 e. The minimum atomic E-state index is 1.06. The lowest BCUT2D eigenvalue weighted by Gasteiger charge is -2.16. The molecule has 0 N–H and O–H groups in total. The first-order chi connectivity index (χ1) is 9.43. The van der Waals surface area contributed by atoms with Crippen LogP contribution in [0.15, 0.2) is 0 Å². The van der Waals surface area contributed by atoms with Gasteiger partial charge in [-0.1, -0.05) is 116 Å². The fourth-order valence-corrected chi connectivity index (χ4v) is 3.56. The Morgan fingerprint density at radius 2 is 0.947 bits per heavy atom. The molecule has 0 aromatic heterocycles. The Balaban J connectivity index is 2.21. The normalized spacial score (nSPS) is 22.6. The first-order valence-electron chi connectivity index (χ1n) is 9.43. The summed E-state index contributed by atoms with van der Waals surface area (Å²) >= 11 is 0. The zero-order valence-corrected chi connectivity index (χ0v) is 13.6. The highest BCUT2D eigenvalue weighted by atomic mass is 14.1. The van der Waals surface area contributed by atoms with Crippen molar-refractivity contribution in [1.82, 2.24) is 0 Å². The predicted molar refractivity (Wildman–Crippen MR) is 87.7 cm³/mol. The highest BCUT2D eigenvalue weighted by Crippen LogP contribution is 2.24. The summed E-state index contributed by atoms with van der Waals surface area (Å²) in [5, 5.41) is 0. The van der Waals surface area contributed by atoms with Crippen LogP contribution < -0.4 is 0 Å². The van der Waals surface area contributed by atoms with Gasteiger partial charge in [0.05, 0.1) is 0 Å². The third kappa shape index (κ3) is 10.4. The van der Waals surface area contributed by atoms with Crippen molar-refractivity contribution in [2.24, 2.45) is 5.92 Å². The van der Waals surface area contributed by atoms with E-state index in [1.165, 1.54) is 109 Å². The van der Waals surface area contributed by atoms with Gasteiger partial charge in [-0.3, -0.25) is 0 Å². The van der Waals surface area contributed by atoms with E-state index >= 15 is 0 Å². The first kappa shape index (κ1) is 17.1. The molecule has 1 rings (SSSR count). The fourth-order valence-electron chi connectivity index (χ4n) is 3.56. The molecule has 0 saturated heterocycles. The molecule has 0 aliphatic heterocycles. The molecule has 1 saturated carbocycles. The van der Waals surface area contributed by atoms with Gasteiger partial charge in [0.15, 0.2) is 0 Å². The molecule has 1 aliphatic carbocycles. The summed E-state index contributed by atoms with van der Waals surface area (Å²) in [7, 11) is 0. The molecular formula is C19H38. The van der Waals surface area contributed by atoms with Gasteiger partial charge in [0.1, 0.15) is 0 Å². The molecule has 0 nitrogen and oxygen atoms in total. The van der Waals surface area contributed by atoms with Crippen LogP contribution in [0.4, 0.5) is 0 Å². The van der Waals surface area contributed by atoms with Crippen molar-refractivity contribution in [3.05, 3.63) is 0 Å². The molecule has 0 amide bonds. The van der Waals surface area contributed by atoms with Crippen molar-refractivity contribution < 1.29 is 0 Å². The molecule has 0 heteroatoms. The van der Waals surface area contributed by atoms with Crippen molar-refractivity contribution in [2.45, 2.75) is 116 Å². The Hall–Kier alpha value is 0. The van der Waals surface area contributed by atoms with Crippen LogP contribution in [0.1, 0.15) is 116 Å². The minimum absolute atomic E-state index is 1.06. The molecular weight excluding hydrogens is 228 g/mol. The lowest BCUT2D eigenvalue weighted by atomic mass is 9.90. The molecule has 114 valence electrons. The Bertz CT molecular complexity index is 157. The standard InChI is InChI=1S/C19H38/c1-2-3-16-19-17-14-12-10-8-6-4-5-7-9-11-13-15-18-19/h19H,2-18H2,1H3. The highest BCUT2D eigenvalue weighted by molar-refractivity contribution is 4.62. The maximum Gasteiger partial charge on any atom is -0.0414 e.